The molecule has 1 aromatic carbocycles. The first-order chi connectivity index (χ1) is 8.81. The topological polar surface area (TPSA) is 40.5 Å². The second-order valence-electron chi connectivity index (χ2n) is 3.80. The number of nitrogens with zero attached hydrogens (tertiary/aromatic N) is 1. The number of carbonyl (C=O) groups excluding carboxylic acids is 1. The van der Waals surface area contributed by atoms with E-state index >= 15 is 0 Å². The zero-order chi connectivity index (χ0) is 14.6. The number of likely N-dealkylation sites (N-methyl/N-ethyl adjacent to an activating group) is 1. The number of aliphatic hydroxyl groups is 1. The molecular formula is C12H13F4NO2. The molecule has 1 aromatic rings. The van der Waals surface area contributed by atoms with Gasteiger partial charge in [0.25, 0.3) is 5.91 Å². The molecule has 0 atom stereocenters. The molecule has 3 nitrogen and oxygen atoms in total. The van der Waals surface area contributed by atoms with E-state index in [1.54, 1.807) is 6.92 Å². The van der Waals surface area contributed by atoms with Gasteiger partial charge in [-0.2, -0.15) is 13.2 Å². The minimum Gasteiger partial charge on any atom is -0.395 e. The fourth-order valence-corrected chi connectivity index (χ4v) is 1.58. The second-order valence-corrected chi connectivity index (χ2v) is 3.80. The quantitative estimate of drug-likeness (QED) is 0.859. The van der Waals surface area contributed by atoms with E-state index in [0.717, 1.165) is 6.07 Å². The molecule has 19 heavy (non-hydrogen) atoms. The van der Waals surface area contributed by atoms with Gasteiger partial charge in [-0.15, -0.1) is 0 Å². The van der Waals surface area contributed by atoms with Gasteiger partial charge < -0.3 is 10.0 Å². The van der Waals surface area contributed by atoms with Crippen molar-refractivity contribution in [3.05, 3.63) is 35.1 Å². The van der Waals surface area contributed by atoms with E-state index in [9.17, 15) is 22.4 Å². The number of hydrogen-bond donors (Lipinski definition) is 1. The Bertz CT molecular complexity index is 460. The van der Waals surface area contributed by atoms with Gasteiger partial charge in [0.05, 0.1) is 12.2 Å². The third-order valence-electron chi connectivity index (χ3n) is 2.56. The molecule has 0 heterocycles. The fraction of sp³-hybridized carbons (Fsp3) is 0.417. The van der Waals surface area contributed by atoms with Crippen LogP contribution in [0.1, 0.15) is 22.8 Å². The first-order valence-corrected chi connectivity index (χ1v) is 5.58. The van der Waals surface area contributed by atoms with Crippen LogP contribution in [0, 0.1) is 5.82 Å². The standard InChI is InChI=1S/C12H13F4NO2/c1-2-17(5-6-18)11(19)8-3-4-10(13)9(7-8)12(14,15)16/h3-4,7,18H,2,5-6H2,1H3. The van der Waals surface area contributed by atoms with Crippen molar-refractivity contribution >= 4 is 5.91 Å². The van der Waals surface area contributed by atoms with Crippen LogP contribution in [0.15, 0.2) is 18.2 Å². The monoisotopic (exact) mass is 279 g/mol. The van der Waals surface area contributed by atoms with Crippen molar-refractivity contribution in [3.8, 4) is 0 Å². The number of halogens is 4. The summed E-state index contributed by atoms with van der Waals surface area (Å²) in [6, 6.07) is 2.09. The van der Waals surface area contributed by atoms with Gasteiger partial charge in [-0.3, -0.25) is 4.79 Å². The number of aliphatic hydroxyl groups excluding tert-OH is 1. The molecule has 106 valence electrons. The van der Waals surface area contributed by atoms with Crippen molar-refractivity contribution in [1.82, 2.24) is 4.90 Å². The van der Waals surface area contributed by atoms with Crippen LogP contribution in [0.5, 0.6) is 0 Å². The summed E-state index contributed by atoms with van der Waals surface area (Å²) in [5, 5.41) is 8.76. The number of carbonyl (C=O) groups is 1. The molecule has 1 N–H and O–H groups in total. The molecule has 0 aliphatic rings. The molecule has 0 bridgehead atoms. The summed E-state index contributed by atoms with van der Waals surface area (Å²) in [5.41, 5.74) is -1.73. The molecule has 0 aliphatic carbocycles. The molecule has 7 heteroatoms. The molecular weight excluding hydrogens is 266 g/mol. The van der Waals surface area contributed by atoms with Gasteiger partial charge in [-0.25, -0.2) is 4.39 Å². The molecule has 0 radical (unpaired) electrons. The maximum atomic E-state index is 13.1. The molecule has 1 rings (SSSR count). The average molecular weight is 279 g/mol. The minimum atomic E-state index is -4.85. The Balaban J connectivity index is 3.12. The number of benzene rings is 1. The van der Waals surface area contributed by atoms with Crippen LogP contribution in [0.3, 0.4) is 0 Å². The average Bonchev–Trinajstić information content (AvgIpc) is 2.34. The molecule has 0 aromatic heterocycles. The zero-order valence-corrected chi connectivity index (χ0v) is 10.2. The smallest absolute Gasteiger partial charge is 0.395 e. The van der Waals surface area contributed by atoms with E-state index in [2.05, 4.69) is 0 Å². The fourth-order valence-electron chi connectivity index (χ4n) is 1.58. The number of hydrogen-bond acceptors (Lipinski definition) is 2. The summed E-state index contributed by atoms with van der Waals surface area (Å²) >= 11 is 0. The largest absolute Gasteiger partial charge is 0.419 e. The molecule has 0 spiro atoms. The Morgan fingerprint density at radius 1 is 1.37 bits per heavy atom. The lowest BCUT2D eigenvalue weighted by molar-refractivity contribution is -0.140. The summed E-state index contributed by atoms with van der Waals surface area (Å²) < 4.78 is 50.6. The van der Waals surface area contributed by atoms with Gasteiger partial charge >= 0.3 is 6.18 Å². The van der Waals surface area contributed by atoms with E-state index in [1.165, 1.54) is 4.90 Å². The van der Waals surface area contributed by atoms with E-state index < -0.39 is 23.5 Å². The van der Waals surface area contributed by atoms with Gasteiger partial charge in [-0.1, -0.05) is 0 Å². The van der Waals surface area contributed by atoms with E-state index in [4.69, 9.17) is 5.11 Å². The maximum absolute atomic E-state index is 13.1. The van der Waals surface area contributed by atoms with Gasteiger partial charge in [0.2, 0.25) is 0 Å². The molecule has 0 saturated heterocycles. The highest BCUT2D eigenvalue weighted by molar-refractivity contribution is 5.94. The van der Waals surface area contributed by atoms with Gasteiger partial charge in [0.1, 0.15) is 5.82 Å². The van der Waals surface area contributed by atoms with Crippen molar-refractivity contribution in [1.29, 1.82) is 0 Å². The van der Waals surface area contributed by atoms with Gasteiger partial charge in [0.15, 0.2) is 0 Å². The van der Waals surface area contributed by atoms with Crippen LogP contribution in [0.25, 0.3) is 0 Å². The third-order valence-corrected chi connectivity index (χ3v) is 2.56. The van der Waals surface area contributed by atoms with Crippen molar-refractivity contribution in [2.45, 2.75) is 13.1 Å². The van der Waals surface area contributed by atoms with Crippen LogP contribution < -0.4 is 0 Å². The highest BCUT2D eigenvalue weighted by atomic mass is 19.4. The summed E-state index contributed by atoms with van der Waals surface area (Å²) in [5.74, 6) is -2.10. The second kappa shape index (κ2) is 6.01. The summed E-state index contributed by atoms with van der Waals surface area (Å²) in [4.78, 5) is 13.1. The number of rotatable bonds is 4. The van der Waals surface area contributed by atoms with Crippen molar-refractivity contribution in [2.75, 3.05) is 19.7 Å². The molecule has 0 unspecified atom stereocenters. The summed E-state index contributed by atoms with van der Waals surface area (Å²) in [6.45, 7) is 1.57. The zero-order valence-electron chi connectivity index (χ0n) is 10.2. The third kappa shape index (κ3) is 3.66. The predicted octanol–water partition coefficient (Wildman–Crippen LogP) is 2.30. The van der Waals surface area contributed by atoms with Crippen molar-refractivity contribution in [3.63, 3.8) is 0 Å². The minimum absolute atomic E-state index is 0.00800. The first kappa shape index (κ1) is 15.4. The normalized spacial score (nSPS) is 11.5. The van der Waals surface area contributed by atoms with Crippen molar-refractivity contribution in [2.24, 2.45) is 0 Å². The van der Waals surface area contributed by atoms with Crippen LogP contribution >= 0.6 is 0 Å². The van der Waals surface area contributed by atoms with E-state index in [0.29, 0.717) is 12.1 Å². The lowest BCUT2D eigenvalue weighted by atomic mass is 10.1. The van der Waals surface area contributed by atoms with Crippen LogP contribution in [-0.4, -0.2) is 35.6 Å². The molecule has 0 fully saturated rings. The molecule has 0 aliphatic heterocycles. The number of amides is 1. The van der Waals surface area contributed by atoms with Crippen LogP contribution in [-0.2, 0) is 6.18 Å². The predicted molar refractivity (Wildman–Crippen MR) is 60.1 cm³/mol. The van der Waals surface area contributed by atoms with Crippen LogP contribution in [0.4, 0.5) is 17.6 Å². The molecule has 1 amide bonds. The SMILES string of the molecule is CCN(CCO)C(=O)c1ccc(F)c(C(F)(F)F)c1. The lowest BCUT2D eigenvalue weighted by Crippen LogP contribution is -2.33. The molecule has 0 saturated carbocycles. The Labute approximate surface area is 107 Å². The van der Waals surface area contributed by atoms with Crippen molar-refractivity contribution < 1.29 is 27.5 Å². The number of alkyl halides is 3. The van der Waals surface area contributed by atoms with Crippen LogP contribution in [0.2, 0.25) is 0 Å². The van der Waals surface area contributed by atoms with E-state index in [-0.39, 0.29) is 25.3 Å². The first-order valence-electron chi connectivity index (χ1n) is 5.58. The Morgan fingerprint density at radius 2 is 2.00 bits per heavy atom. The summed E-state index contributed by atoms with van der Waals surface area (Å²) in [7, 11) is 0. The van der Waals surface area contributed by atoms with Gasteiger partial charge in [-0.05, 0) is 25.1 Å². The van der Waals surface area contributed by atoms with E-state index in [1.807, 2.05) is 0 Å². The maximum Gasteiger partial charge on any atom is 0.419 e. The Hall–Kier alpha value is -1.63. The van der Waals surface area contributed by atoms with Gasteiger partial charge in [0, 0.05) is 18.7 Å². The summed E-state index contributed by atoms with van der Waals surface area (Å²) in [6.07, 6.45) is -4.85. The lowest BCUT2D eigenvalue weighted by Gasteiger charge is -2.20. The Kier molecular flexibility index (Phi) is 4.88. The Morgan fingerprint density at radius 3 is 2.47 bits per heavy atom. The highest BCUT2D eigenvalue weighted by Gasteiger charge is 2.34. The highest BCUT2D eigenvalue weighted by Crippen LogP contribution is 2.32.